The van der Waals surface area contributed by atoms with E-state index >= 15 is 0 Å². The first-order valence-corrected chi connectivity index (χ1v) is 12.3. The van der Waals surface area contributed by atoms with E-state index in [1.165, 1.54) is 10.8 Å². The van der Waals surface area contributed by atoms with Crippen LogP contribution in [-0.4, -0.2) is 9.52 Å². The minimum absolute atomic E-state index is 0. The molecule has 0 nitrogen and oxygen atoms in total. The van der Waals surface area contributed by atoms with Gasteiger partial charge in [-0.05, 0) is 0 Å². The summed E-state index contributed by atoms with van der Waals surface area (Å²) < 4.78 is 0. The maximum atomic E-state index is 3.72. The molecule has 0 aromatic heterocycles. The van der Waals surface area contributed by atoms with E-state index in [-0.39, 0.29) is 21.7 Å². The van der Waals surface area contributed by atoms with Crippen LogP contribution in [0.2, 0.25) is 13.1 Å². The van der Waals surface area contributed by atoms with Gasteiger partial charge in [0.1, 0.15) is 0 Å². The minimum atomic E-state index is 0. The molecule has 32 heavy (non-hydrogen) atoms. The van der Waals surface area contributed by atoms with Crippen LogP contribution < -0.4 is 0 Å². The van der Waals surface area contributed by atoms with Crippen molar-refractivity contribution in [2.45, 2.75) is 19.5 Å². The SMILES string of the molecule is C[Si]C.[C-]1=CC=CC1.[CH2-]c1ccccc1.[CH2-]c1ccccc1.[Ti+4].c1ccc2[cH-]ccc2c1. The van der Waals surface area contributed by atoms with Crippen LogP contribution in [0.4, 0.5) is 0 Å². The van der Waals surface area contributed by atoms with Gasteiger partial charge in [-0.1, -0.05) is 31.3 Å². The number of fused-ring (bicyclic) bond motifs is 1. The summed E-state index contributed by atoms with van der Waals surface area (Å²) in [6.45, 7) is 11.7. The summed E-state index contributed by atoms with van der Waals surface area (Å²) in [6.07, 6.45) is 10.0. The average molecular weight is 469 g/mol. The standard InChI is InChI=1S/C9H7.2C7H7.C5H5.C2H6Si.Ti/c1-2-5-9-7-3-6-8(9)4-1;2*1-7-5-3-2-4-6-7;1-2-4-5-3-1;1-3-2;/h1-7H;2*2-6H,1H2;1-3H,4H2;1-2H3;/q4*-1;;+4. The van der Waals surface area contributed by atoms with Crippen molar-refractivity contribution in [3.8, 4) is 0 Å². The fourth-order valence-electron chi connectivity index (χ4n) is 2.37. The van der Waals surface area contributed by atoms with Crippen LogP contribution in [0.5, 0.6) is 0 Å². The predicted molar refractivity (Wildman–Crippen MR) is 140 cm³/mol. The van der Waals surface area contributed by atoms with Crippen LogP contribution in [0.15, 0.2) is 121 Å². The molecule has 2 heteroatoms. The smallest absolute Gasteiger partial charge is 0.273 e. The molecule has 0 unspecified atom stereocenters. The molecule has 1 aliphatic carbocycles. The Hall–Kier alpha value is -2.58. The van der Waals surface area contributed by atoms with Crippen LogP contribution in [-0.2, 0) is 21.7 Å². The van der Waals surface area contributed by atoms with Crippen molar-refractivity contribution in [2.24, 2.45) is 0 Å². The first-order chi connectivity index (χ1) is 15.2. The fraction of sp³-hybridized carbons (Fsp3) is 0.100. The van der Waals surface area contributed by atoms with E-state index in [2.05, 4.69) is 81.6 Å². The Kier molecular flexibility index (Phi) is 18.7. The van der Waals surface area contributed by atoms with E-state index in [4.69, 9.17) is 0 Å². The number of rotatable bonds is 0. The number of hydrogen-bond donors (Lipinski definition) is 0. The van der Waals surface area contributed by atoms with Crippen LogP contribution in [0.3, 0.4) is 0 Å². The van der Waals surface area contributed by atoms with Crippen LogP contribution in [0.25, 0.3) is 10.8 Å². The molecule has 0 spiro atoms. The molecule has 0 saturated carbocycles. The van der Waals surface area contributed by atoms with Gasteiger partial charge in [0.2, 0.25) is 0 Å². The predicted octanol–water partition coefficient (Wildman–Crippen LogP) is 8.39. The van der Waals surface area contributed by atoms with E-state index in [0.717, 1.165) is 27.1 Å². The van der Waals surface area contributed by atoms with Gasteiger partial charge in [0, 0.05) is 9.52 Å². The van der Waals surface area contributed by atoms with Gasteiger partial charge in [0.05, 0.1) is 0 Å². The quantitative estimate of drug-likeness (QED) is 0.180. The van der Waals surface area contributed by atoms with Gasteiger partial charge in [-0.3, -0.25) is 6.08 Å². The molecule has 160 valence electrons. The molecule has 0 amide bonds. The third-order valence-corrected chi connectivity index (χ3v) is 3.82. The third-order valence-electron chi connectivity index (χ3n) is 3.82. The molecular weight excluding hydrogens is 436 g/mol. The zero-order valence-electron chi connectivity index (χ0n) is 19.2. The summed E-state index contributed by atoms with van der Waals surface area (Å²) in [6, 6.07) is 34.4. The van der Waals surface area contributed by atoms with Crippen molar-refractivity contribution in [2.75, 3.05) is 0 Å². The van der Waals surface area contributed by atoms with Gasteiger partial charge in [-0.25, -0.2) is 12.2 Å². The molecule has 0 atom stereocenters. The molecule has 5 rings (SSSR count). The summed E-state index contributed by atoms with van der Waals surface area (Å²) in [7, 11) is 1.08. The van der Waals surface area contributed by atoms with Crippen molar-refractivity contribution < 1.29 is 21.7 Å². The second kappa shape index (κ2) is 20.3. The normalized spacial score (nSPS) is 9.94. The Labute approximate surface area is 213 Å². The van der Waals surface area contributed by atoms with E-state index in [0.29, 0.717) is 0 Å². The zero-order chi connectivity index (χ0) is 22.6. The van der Waals surface area contributed by atoms with Crippen molar-refractivity contribution in [3.63, 3.8) is 0 Å². The monoisotopic (exact) mass is 468 g/mol. The molecule has 0 bridgehead atoms. The Morgan fingerprint density at radius 3 is 1.59 bits per heavy atom. The van der Waals surface area contributed by atoms with Crippen molar-refractivity contribution in [1.82, 2.24) is 0 Å². The second-order valence-corrected chi connectivity index (χ2v) is 7.63. The van der Waals surface area contributed by atoms with E-state index in [1.807, 2.05) is 72.8 Å². The summed E-state index contributed by atoms with van der Waals surface area (Å²) in [5, 5.41) is 2.66. The molecule has 4 aromatic rings. The zero-order valence-corrected chi connectivity index (χ0v) is 21.7. The van der Waals surface area contributed by atoms with Gasteiger partial charge in [0.25, 0.3) is 0 Å². The van der Waals surface area contributed by atoms with Gasteiger partial charge in [-0.2, -0.15) is 72.8 Å². The van der Waals surface area contributed by atoms with Gasteiger partial charge in [-0.15, -0.1) is 60.3 Å². The Bertz CT molecular complexity index is 892. The molecule has 0 saturated heterocycles. The third kappa shape index (κ3) is 15.3. The Morgan fingerprint density at radius 2 is 1.25 bits per heavy atom. The number of benzene rings is 3. The fourth-order valence-corrected chi connectivity index (χ4v) is 2.37. The van der Waals surface area contributed by atoms with Crippen LogP contribution >= 0.6 is 0 Å². The van der Waals surface area contributed by atoms with E-state index in [1.54, 1.807) is 0 Å². The van der Waals surface area contributed by atoms with E-state index < -0.39 is 0 Å². The number of allylic oxidation sites excluding steroid dienone is 4. The Balaban J connectivity index is 0.000000387. The molecule has 4 aromatic carbocycles. The van der Waals surface area contributed by atoms with Gasteiger partial charge in [0.15, 0.2) is 0 Å². The molecule has 0 fully saturated rings. The molecular formula is C30H32SiTi. The van der Waals surface area contributed by atoms with Crippen molar-refractivity contribution in [1.29, 1.82) is 0 Å². The summed E-state index contributed by atoms with van der Waals surface area (Å²) in [4.78, 5) is 0. The molecule has 0 aliphatic heterocycles. The topological polar surface area (TPSA) is 0 Å². The summed E-state index contributed by atoms with van der Waals surface area (Å²) >= 11 is 0. The van der Waals surface area contributed by atoms with Gasteiger partial charge < -0.3 is 0 Å². The maximum absolute atomic E-state index is 3.72. The van der Waals surface area contributed by atoms with Crippen LogP contribution in [0.1, 0.15) is 17.5 Å². The van der Waals surface area contributed by atoms with Gasteiger partial charge >= 0.3 is 21.7 Å². The molecule has 0 N–H and O–H groups in total. The van der Waals surface area contributed by atoms with Crippen molar-refractivity contribution in [3.05, 3.63) is 152 Å². The average Bonchev–Trinajstić information content (AvgIpc) is 3.52. The summed E-state index contributed by atoms with van der Waals surface area (Å²) in [5.41, 5.74) is 2.14. The molecule has 2 radical (unpaired) electrons. The first-order valence-electron chi connectivity index (χ1n) is 10.3. The van der Waals surface area contributed by atoms with E-state index in [9.17, 15) is 0 Å². The minimum Gasteiger partial charge on any atom is -0.273 e. The largest absolute Gasteiger partial charge is 4.00 e. The Morgan fingerprint density at radius 1 is 0.750 bits per heavy atom. The molecule has 0 heterocycles. The van der Waals surface area contributed by atoms with Crippen molar-refractivity contribution >= 4 is 20.3 Å². The van der Waals surface area contributed by atoms with Crippen LogP contribution in [0, 0.1) is 19.9 Å². The maximum Gasteiger partial charge on any atom is 4.00 e. The summed E-state index contributed by atoms with van der Waals surface area (Å²) in [5.74, 6) is 0. The molecule has 1 aliphatic rings. The first kappa shape index (κ1) is 29.4. The number of hydrogen-bond acceptors (Lipinski definition) is 0. The second-order valence-electron chi connectivity index (χ2n) is 6.63.